The molecule has 1 aromatic heterocycles. The van der Waals surface area contributed by atoms with Crippen LogP contribution in [0.1, 0.15) is 37.3 Å². The number of hydrogen-bond acceptors (Lipinski definition) is 7. The number of carbonyl (C=O) groups excluding carboxylic acids is 1. The lowest BCUT2D eigenvalue weighted by molar-refractivity contribution is -0.130. The van der Waals surface area contributed by atoms with Crippen LogP contribution in [-0.4, -0.2) is 65.8 Å². The average Bonchev–Trinajstić information content (AvgIpc) is 3.35. The molecule has 0 spiro atoms. The summed E-state index contributed by atoms with van der Waals surface area (Å²) in [5.74, 6) is 1.57. The number of ether oxygens (including phenoxy) is 3. The lowest BCUT2D eigenvalue weighted by atomic mass is 10.2. The fraction of sp³-hybridized carbons (Fsp3) is 0.474. The molecule has 3 rings (SSSR count). The Morgan fingerprint density at radius 2 is 2.28 bits per heavy atom. The Kier molecular flexibility index (Phi) is 6.99. The summed E-state index contributed by atoms with van der Waals surface area (Å²) in [6.07, 6.45) is 3.44. The van der Waals surface area contributed by atoms with Crippen LogP contribution in [0.2, 0.25) is 0 Å². The highest BCUT2D eigenvalue weighted by Crippen LogP contribution is 2.29. The van der Waals surface area contributed by atoms with Gasteiger partial charge in [-0.2, -0.15) is 14.9 Å². The summed E-state index contributed by atoms with van der Waals surface area (Å²) in [4.78, 5) is 13.2. The second kappa shape index (κ2) is 9.66. The van der Waals surface area contributed by atoms with Crippen molar-refractivity contribution in [1.82, 2.24) is 19.8 Å². The third-order valence-corrected chi connectivity index (χ3v) is 4.60. The molecule has 1 fully saturated rings. The molecule has 0 unspecified atom stereocenters. The van der Waals surface area contributed by atoms with Crippen molar-refractivity contribution >= 4 is 24.3 Å². The average molecular weight is 420 g/mol. The number of nitrogens with one attached hydrogen (secondary N) is 1. The Morgan fingerprint density at radius 3 is 2.97 bits per heavy atom. The predicted molar refractivity (Wildman–Crippen MR) is 110 cm³/mol. The molecule has 1 saturated heterocycles. The Bertz CT molecular complexity index is 931. The topological polar surface area (TPSA) is 94.0 Å². The Hall–Kier alpha value is -2.72. The second-order valence-corrected chi connectivity index (χ2v) is 7.05. The number of hydrogen-bond donors (Lipinski definition) is 1. The smallest absolute Gasteiger partial charge is 0.259 e. The van der Waals surface area contributed by atoms with E-state index in [1.165, 1.54) is 4.90 Å². The van der Waals surface area contributed by atoms with Crippen molar-refractivity contribution in [2.24, 2.45) is 5.10 Å². The second-order valence-electron chi connectivity index (χ2n) is 6.66. The first-order chi connectivity index (χ1) is 14.0. The van der Waals surface area contributed by atoms with Crippen molar-refractivity contribution in [3.05, 3.63) is 34.4 Å². The maximum Gasteiger partial charge on any atom is 0.259 e. The van der Waals surface area contributed by atoms with Gasteiger partial charge in [-0.05, 0) is 55.7 Å². The van der Waals surface area contributed by atoms with E-state index in [2.05, 4.69) is 15.3 Å². The lowest BCUT2D eigenvalue weighted by Crippen LogP contribution is -2.27. The molecule has 1 aliphatic rings. The van der Waals surface area contributed by atoms with E-state index in [0.717, 1.165) is 18.4 Å². The van der Waals surface area contributed by atoms with Crippen molar-refractivity contribution in [3.63, 3.8) is 0 Å². The van der Waals surface area contributed by atoms with Crippen LogP contribution in [0.3, 0.4) is 0 Å². The zero-order valence-electron chi connectivity index (χ0n) is 16.8. The summed E-state index contributed by atoms with van der Waals surface area (Å²) in [6, 6.07) is 5.39. The van der Waals surface area contributed by atoms with Gasteiger partial charge in [-0.15, -0.1) is 0 Å². The summed E-state index contributed by atoms with van der Waals surface area (Å²) >= 11 is 5.29. The van der Waals surface area contributed by atoms with Crippen molar-refractivity contribution in [2.45, 2.75) is 25.9 Å². The first kappa shape index (κ1) is 21.0. The number of amides is 1. The van der Waals surface area contributed by atoms with Crippen LogP contribution < -0.4 is 9.47 Å². The van der Waals surface area contributed by atoms with Gasteiger partial charge in [0.05, 0.1) is 12.8 Å². The van der Waals surface area contributed by atoms with Gasteiger partial charge in [0, 0.05) is 20.7 Å². The Morgan fingerprint density at radius 1 is 1.45 bits per heavy atom. The summed E-state index contributed by atoms with van der Waals surface area (Å²) in [7, 11) is 3.36. The molecule has 1 atom stereocenters. The van der Waals surface area contributed by atoms with Gasteiger partial charge in [0.2, 0.25) is 4.77 Å². The largest absolute Gasteiger partial charge is 0.490 e. The molecule has 1 amide bonds. The van der Waals surface area contributed by atoms with Crippen LogP contribution in [0, 0.1) is 4.77 Å². The molecule has 2 heterocycles. The fourth-order valence-corrected chi connectivity index (χ4v) is 2.98. The van der Waals surface area contributed by atoms with Gasteiger partial charge in [0.15, 0.2) is 23.9 Å². The molecule has 0 radical (unpaired) electrons. The molecule has 9 nitrogen and oxygen atoms in total. The minimum Gasteiger partial charge on any atom is -0.490 e. The van der Waals surface area contributed by atoms with Crippen molar-refractivity contribution in [1.29, 1.82) is 0 Å². The SMILES string of the molecule is CCOc1cc(/C=N\n2c([C@H]3CCCO3)n[nH]c2=S)ccc1OCC(=O)N(C)C. The minimum absolute atomic E-state index is 0.0601. The molecular formula is C19H25N5O4S. The van der Waals surface area contributed by atoms with E-state index in [1.807, 2.05) is 13.0 Å². The highest BCUT2D eigenvalue weighted by molar-refractivity contribution is 7.71. The molecule has 0 saturated carbocycles. The van der Waals surface area contributed by atoms with Crippen LogP contribution in [0.4, 0.5) is 0 Å². The van der Waals surface area contributed by atoms with E-state index >= 15 is 0 Å². The van der Waals surface area contributed by atoms with E-state index in [1.54, 1.807) is 37.1 Å². The van der Waals surface area contributed by atoms with Crippen LogP contribution in [0.15, 0.2) is 23.3 Å². The summed E-state index contributed by atoms with van der Waals surface area (Å²) < 4.78 is 18.9. The van der Waals surface area contributed by atoms with E-state index in [9.17, 15) is 4.79 Å². The zero-order valence-corrected chi connectivity index (χ0v) is 17.6. The van der Waals surface area contributed by atoms with Gasteiger partial charge >= 0.3 is 0 Å². The molecular weight excluding hydrogens is 394 g/mol. The highest BCUT2D eigenvalue weighted by atomic mass is 32.1. The molecule has 29 heavy (non-hydrogen) atoms. The third kappa shape index (κ3) is 5.21. The molecule has 2 aromatic rings. The van der Waals surface area contributed by atoms with Gasteiger partial charge in [0.25, 0.3) is 5.91 Å². The lowest BCUT2D eigenvalue weighted by Gasteiger charge is -2.14. The Balaban J connectivity index is 1.79. The van der Waals surface area contributed by atoms with E-state index in [0.29, 0.717) is 35.3 Å². The predicted octanol–water partition coefficient (Wildman–Crippen LogP) is 2.54. The van der Waals surface area contributed by atoms with E-state index < -0.39 is 0 Å². The maximum absolute atomic E-state index is 11.8. The number of likely N-dealkylation sites (N-methyl/N-ethyl adjacent to an activating group) is 1. The molecule has 1 aliphatic heterocycles. The summed E-state index contributed by atoms with van der Waals surface area (Å²) in [5.41, 5.74) is 0.793. The van der Waals surface area contributed by atoms with Crippen LogP contribution in [-0.2, 0) is 9.53 Å². The highest BCUT2D eigenvalue weighted by Gasteiger charge is 2.23. The van der Waals surface area contributed by atoms with Crippen molar-refractivity contribution in [3.8, 4) is 11.5 Å². The number of benzene rings is 1. The van der Waals surface area contributed by atoms with Crippen LogP contribution >= 0.6 is 12.2 Å². The number of rotatable bonds is 8. The molecule has 10 heteroatoms. The van der Waals surface area contributed by atoms with Gasteiger partial charge < -0.3 is 19.1 Å². The standard InChI is InChI=1S/C19H25N5O4S/c1-4-26-16-10-13(7-8-14(16)28-12-17(25)23(2)3)11-20-24-18(21-22-19(24)29)15-6-5-9-27-15/h7-8,10-11,15H,4-6,9,12H2,1-3H3,(H,22,29)/b20-11-/t15-/m1/s1. The monoisotopic (exact) mass is 419 g/mol. The number of carbonyl (C=O) groups is 1. The normalized spacial score (nSPS) is 16.3. The maximum atomic E-state index is 11.8. The molecule has 0 aliphatic carbocycles. The number of aromatic nitrogens is 3. The number of aromatic amines is 1. The number of nitrogens with zero attached hydrogens (tertiary/aromatic N) is 4. The zero-order chi connectivity index (χ0) is 20.8. The quantitative estimate of drug-likeness (QED) is 0.522. The first-order valence-corrected chi connectivity index (χ1v) is 9.83. The van der Waals surface area contributed by atoms with E-state index in [-0.39, 0.29) is 18.6 Å². The minimum atomic E-state index is -0.130. The van der Waals surface area contributed by atoms with Crippen molar-refractivity contribution < 1.29 is 19.0 Å². The van der Waals surface area contributed by atoms with Crippen LogP contribution in [0.25, 0.3) is 0 Å². The van der Waals surface area contributed by atoms with Gasteiger partial charge in [-0.3, -0.25) is 9.89 Å². The Labute approximate surface area is 174 Å². The molecule has 0 bridgehead atoms. The third-order valence-electron chi connectivity index (χ3n) is 4.33. The fourth-order valence-electron chi connectivity index (χ4n) is 2.79. The number of H-pyrrole nitrogens is 1. The first-order valence-electron chi connectivity index (χ1n) is 9.42. The molecule has 156 valence electrons. The van der Waals surface area contributed by atoms with Crippen molar-refractivity contribution in [2.75, 3.05) is 33.9 Å². The van der Waals surface area contributed by atoms with Gasteiger partial charge in [-0.1, -0.05) is 0 Å². The van der Waals surface area contributed by atoms with Crippen LogP contribution in [0.5, 0.6) is 11.5 Å². The molecule has 1 N–H and O–H groups in total. The van der Waals surface area contributed by atoms with E-state index in [4.69, 9.17) is 26.4 Å². The van der Waals surface area contributed by atoms with Gasteiger partial charge in [-0.25, -0.2) is 0 Å². The van der Waals surface area contributed by atoms with Gasteiger partial charge in [0.1, 0.15) is 6.10 Å². The molecule has 1 aromatic carbocycles. The summed E-state index contributed by atoms with van der Waals surface area (Å²) in [6.45, 7) is 3.00. The summed E-state index contributed by atoms with van der Waals surface area (Å²) in [5, 5.41) is 11.5.